The molecule has 3 atom stereocenters. The summed E-state index contributed by atoms with van der Waals surface area (Å²) in [7, 11) is 1.49. The Kier molecular flexibility index (Phi) is 49.0. The topological polar surface area (TPSA) is 111 Å². The number of carbonyl (C=O) groups is 2. The third-order valence-corrected chi connectivity index (χ3v) is 14.1. The molecule has 0 rings (SSSR count). The Balaban J connectivity index is 5.27. The van der Waals surface area contributed by atoms with Gasteiger partial charge in [0.15, 0.2) is 0 Å². The highest BCUT2D eigenvalue weighted by Gasteiger charge is 2.30. The number of rotatable bonds is 53. The average Bonchev–Trinajstić information content (AvgIpc) is 3.32. The molecule has 3 unspecified atom stereocenters. The number of carbonyl (C=O) groups excluding carboxylic acids is 2. The smallest absolute Gasteiger partial charge is 0.456 e. The molecule has 0 aliphatic carbocycles. The van der Waals surface area contributed by atoms with Crippen LogP contribution >= 0.6 is 7.82 Å². The molecule has 410 valence electrons. The number of esters is 1. The zero-order valence-electron chi connectivity index (χ0n) is 46.8. The van der Waals surface area contributed by atoms with E-state index in [9.17, 15) is 19.0 Å². The first-order chi connectivity index (χ1) is 33.9. The number of nitrogens with zero attached hydrogens (tertiary/aromatic N) is 1. The molecule has 0 fully saturated rings. The Morgan fingerprint density at radius 2 is 0.914 bits per heavy atom. The summed E-state index contributed by atoms with van der Waals surface area (Å²) in [5.74, 6) is -0.521. The molecule has 0 saturated heterocycles. The molecule has 2 N–H and O–H groups in total. The predicted molar refractivity (Wildman–Crippen MR) is 300 cm³/mol. The summed E-state index contributed by atoms with van der Waals surface area (Å²) in [4.78, 5) is 37.6. The quantitative estimate of drug-likeness (QED) is 0.0156. The van der Waals surface area contributed by atoms with E-state index in [4.69, 9.17) is 13.8 Å². The van der Waals surface area contributed by atoms with Crippen molar-refractivity contribution in [3.8, 4) is 0 Å². The molecule has 1 amide bonds. The number of ether oxygens (including phenoxy) is 1. The molecule has 0 saturated carbocycles. The summed E-state index contributed by atoms with van der Waals surface area (Å²) in [6.07, 6.45) is 61.1. The molecule has 0 bridgehead atoms. The van der Waals surface area contributed by atoms with Crippen molar-refractivity contribution in [2.24, 2.45) is 0 Å². The standard InChI is InChI=1S/C60H113N2O7P/c1-7-10-13-16-19-22-25-28-29-30-31-32-33-35-37-40-43-46-49-52-59(63)61-57(56-68-70(65,66)67-55-54-62(4,5)6)58(51-48-45-42-39-36-27-24-21-18-15-12-9-3)69-60(64)53-50-47-44-41-38-34-26-23-20-17-14-11-8-2/h11,14,17,20,23,26,48,51,57-58H,7-10,12-13,15-16,18-19,21-22,24-25,27-47,49-50,52-56H2,1-6H3,(H-,61,63,65,66)/p+1/b14-11+,20-17+,26-23-,51-48+. The lowest BCUT2D eigenvalue weighted by molar-refractivity contribution is -0.870. The third kappa shape index (κ3) is 50.9. The van der Waals surface area contributed by atoms with Crippen LogP contribution in [0.25, 0.3) is 0 Å². The van der Waals surface area contributed by atoms with Gasteiger partial charge in [0.1, 0.15) is 19.3 Å². The van der Waals surface area contributed by atoms with Gasteiger partial charge in [0.05, 0.1) is 33.8 Å². The van der Waals surface area contributed by atoms with Crippen LogP contribution in [-0.4, -0.2) is 74.3 Å². The van der Waals surface area contributed by atoms with Crippen molar-refractivity contribution in [2.45, 2.75) is 283 Å². The van der Waals surface area contributed by atoms with Gasteiger partial charge in [-0.2, -0.15) is 0 Å². The lowest BCUT2D eigenvalue weighted by Crippen LogP contribution is -2.47. The van der Waals surface area contributed by atoms with E-state index in [0.29, 0.717) is 17.4 Å². The molecule has 0 radical (unpaired) electrons. The summed E-state index contributed by atoms with van der Waals surface area (Å²) >= 11 is 0. The SMILES string of the molecule is CC/C=C/C=C/C=C\CCCCCCCC(=O)OC(/C=C/CCCCCCCCCCCC)C(COP(=O)(O)OCC[N+](C)(C)C)NC(=O)CCCCCCCCCCCCCCCCCCCCC. The van der Waals surface area contributed by atoms with Crippen LogP contribution in [0.2, 0.25) is 0 Å². The zero-order chi connectivity index (χ0) is 51.5. The van der Waals surface area contributed by atoms with Gasteiger partial charge in [-0.25, -0.2) is 4.57 Å². The van der Waals surface area contributed by atoms with E-state index in [-0.39, 0.29) is 31.5 Å². The van der Waals surface area contributed by atoms with Crippen molar-refractivity contribution in [1.82, 2.24) is 5.32 Å². The van der Waals surface area contributed by atoms with Crippen LogP contribution in [0.15, 0.2) is 48.6 Å². The molecule has 0 spiro atoms. The van der Waals surface area contributed by atoms with Crippen LogP contribution in [0, 0.1) is 0 Å². The minimum absolute atomic E-state index is 0.0376. The fourth-order valence-electron chi connectivity index (χ4n) is 8.53. The number of phosphoric acid groups is 1. The van der Waals surface area contributed by atoms with Crippen molar-refractivity contribution in [3.05, 3.63) is 48.6 Å². The van der Waals surface area contributed by atoms with Crippen LogP contribution in [0.4, 0.5) is 0 Å². The second-order valence-corrected chi connectivity index (χ2v) is 22.7. The molecule has 0 aromatic carbocycles. The fourth-order valence-corrected chi connectivity index (χ4v) is 9.27. The number of allylic oxidation sites excluding steroid dienone is 7. The Morgan fingerprint density at radius 1 is 0.514 bits per heavy atom. The van der Waals surface area contributed by atoms with E-state index in [2.05, 4.69) is 62.5 Å². The predicted octanol–water partition coefficient (Wildman–Crippen LogP) is 17.7. The van der Waals surface area contributed by atoms with Crippen molar-refractivity contribution in [3.63, 3.8) is 0 Å². The summed E-state index contributed by atoms with van der Waals surface area (Å²) in [6.45, 7) is 6.88. The molecule has 0 aliphatic heterocycles. The normalized spacial score (nSPS) is 14.1. The zero-order valence-corrected chi connectivity index (χ0v) is 47.7. The Morgan fingerprint density at radius 3 is 1.36 bits per heavy atom. The maximum absolute atomic E-state index is 13.5. The van der Waals surface area contributed by atoms with Gasteiger partial charge < -0.3 is 19.4 Å². The van der Waals surface area contributed by atoms with Crippen LogP contribution in [0.1, 0.15) is 271 Å². The van der Waals surface area contributed by atoms with E-state index in [0.717, 1.165) is 83.5 Å². The molecule has 0 aliphatic rings. The number of phosphoric ester groups is 1. The van der Waals surface area contributed by atoms with Crippen LogP contribution in [0.3, 0.4) is 0 Å². The first kappa shape index (κ1) is 68.0. The number of likely N-dealkylation sites (N-methyl/N-ethyl adjacent to an activating group) is 1. The van der Waals surface area contributed by atoms with Crippen LogP contribution in [-0.2, 0) is 27.9 Å². The van der Waals surface area contributed by atoms with Crippen molar-refractivity contribution < 1.29 is 37.3 Å². The number of nitrogens with one attached hydrogen (secondary N) is 1. The van der Waals surface area contributed by atoms with Crippen molar-refractivity contribution in [1.29, 1.82) is 0 Å². The van der Waals surface area contributed by atoms with Gasteiger partial charge in [0.25, 0.3) is 0 Å². The van der Waals surface area contributed by atoms with Crippen LogP contribution < -0.4 is 5.32 Å². The number of quaternary nitrogens is 1. The second-order valence-electron chi connectivity index (χ2n) is 21.2. The van der Waals surface area contributed by atoms with Crippen molar-refractivity contribution in [2.75, 3.05) is 40.9 Å². The first-order valence-electron chi connectivity index (χ1n) is 29.5. The number of hydrogen-bond donors (Lipinski definition) is 2. The fraction of sp³-hybridized carbons (Fsp3) is 0.833. The van der Waals surface area contributed by atoms with E-state index in [1.165, 1.54) is 154 Å². The number of hydrogen-bond acceptors (Lipinski definition) is 6. The van der Waals surface area contributed by atoms with Gasteiger partial charge in [-0.05, 0) is 51.0 Å². The summed E-state index contributed by atoms with van der Waals surface area (Å²) in [6, 6.07) is -0.853. The largest absolute Gasteiger partial charge is 0.472 e. The summed E-state index contributed by atoms with van der Waals surface area (Å²) < 4.78 is 30.6. The maximum atomic E-state index is 13.5. The van der Waals surface area contributed by atoms with Gasteiger partial charge in [-0.1, -0.05) is 256 Å². The lowest BCUT2D eigenvalue weighted by atomic mass is 10.0. The van der Waals surface area contributed by atoms with Gasteiger partial charge in [-0.15, -0.1) is 0 Å². The molecular formula is C60H114N2O7P+. The highest BCUT2D eigenvalue weighted by atomic mass is 31.2. The second kappa shape index (κ2) is 50.5. The maximum Gasteiger partial charge on any atom is 0.472 e. The highest BCUT2D eigenvalue weighted by Crippen LogP contribution is 2.43. The van der Waals surface area contributed by atoms with Gasteiger partial charge in [-0.3, -0.25) is 18.6 Å². The van der Waals surface area contributed by atoms with E-state index in [1.807, 2.05) is 33.3 Å². The Hall–Kier alpha value is -2.03. The molecule has 0 aromatic heterocycles. The Bertz CT molecular complexity index is 1340. The van der Waals surface area contributed by atoms with Crippen molar-refractivity contribution >= 4 is 19.7 Å². The van der Waals surface area contributed by atoms with Gasteiger partial charge in [0, 0.05) is 12.8 Å². The number of unbranched alkanes of at least 4 members (excludes halogenated alkanes) is 33. The minimum atomic E-state index is -4.45. The molecule has 0 aromatic rings. The summed E-state index contributed by atoms with van der Waals surface area (Å²) in [5, 5.41) is 3.05. The highest BCUT2D eigenvalue weighted by molar-refractivity contribution is 7.47. The van der Waals surface area contributed by atoms with Gasteiger partial charge in [0.2, 0.25) is 5.91 Å². The van der Waals surface area contributed by atoms with E-state index < -0.39 is 20.0 Å². The molecule has 10 heteroatoms. The third-order valence-electron chi connectivity index (χ3n) is 13.1. The average molecular weight is 1010 g/mol. The minimum Gasteiger partial charge on any atom is -0.456 e. The first-order valence-corrected chi connectivity index (χ1v) is 31.0. The number of amides is 1. The van der Waals surface area contributed by atoms with Gasteiger partial charge >= 0.3 is 13.8 Å². The summed E-state index contributed by atoms with van der Waals surface area (Å²) in [5.41, 5.74) is 0. The molecule has 0 heterocycles. The monoisotopic (exact) mass is 1010 g/mol. The van der Waals surface area contributed by atoms with E-state index in [1.54, 1.807) is 0 Å². The van der Waals surface area contributed by atoms with Crippen LogP contribution in [0.5, 0.6) is 0 Å². The molecule has 9 nitrogen and oxygen atoms in total. The Labute approximate surface area is 433 Å². The molecule has 70 heavy (non-hydrogen) atoms. The van der Waals surface area contributed by atoms with E-state index >= 15 is 0 Å². The molecular weight excluding hydrogens is 892 g/mol. The lowest BCUT2D eigenvalue weighted by Gasteiger charge is -2.27.